The summed E-state index contributed by atoms with van der Waals surface area (Å²) in [4.78, 5) is 0. The van der Waals surface area contributed by atoms with Gasteiger partial charge >= 0.3 is 0 Å². The van der Waals surface area contributed by atoms with E-state index in [4.69, 9.17) is 15.2 Å². The average Bonchev–Trinajstić information content (AvgIpc) is 2.44. The summed E-state index contributed by atoms with van der Waals surface area (Å²) in [7, 11) is 0. The van der Waals surface area contributed by atoms with Crippen molar-refractivity contribution >= 4 is 0 Å². The van der Waals surface area contributed by atoms with Gasteiger partial charge in [0.25, 0.3) is 0 Å². The van der Waals surface area contributed by atoms with Gasteiger partial charge in [0.1, 0.15) is 18.1 Å². The molecule has 1 rings (SSSR count). The molecular formula is C17H29NO2. The largest absolute Gasteiger partial charge is 0.493 e. The van der Waals surface area contributed by atoms with Crippen LogP contribution in [-0.4, -0.2) is 19.8 Å². The molecule has 0 saturated carbocycles. The monoisotopic (exact) mass is 279 g/mol. The highest BCUT2D eigenvalue weighted by molar-refractivity contribution is 5.32. The zero-order valence-corrected chi connectivity index (χ0v) is 13.2. The summed E-state index contributed by atoms with van der Waals surface area (Å²) in [6.45, 7) is 8.59. The molecule has 0 aromatic heterocycles. The normalized spacial score (nSPS) is 11.4. The first-order valence-electron chi connectivity index (χ1n) is 7.69. The number of nitrogens with two attached hydrogens (primary N) is 1. The summed E-state index contributed by atoms with van der Waals surface area (Å²) in [5, 5.41) is 0. The maximum Gasteiger partial charge on any atom is 0.123 e. The maximum atomic E-state index is 5.99. The number of rotatable bonds is 10. The van der Waals surface area contributed by atoms with Crippen LogP contribution < -0.4 is 15.2 Å². The van der Waals surface area contributed by atoms with Gasteiger partial charge in [-0.1, -0.05) is 39.7 Å². The van der Waals surface area contributed by atoms with Crippen molar-refractivity contribution < 1.29 is 9.47 Å². The predicted octanol–water partition coefficient (Wildman–Crippen LogP) is 4.01. The molecular weight excluding hydrogens is 250 g/mol. The van der Waals surface area contributed by atoms with Gasteiger partial charge < -0.3 is 15.2 Å². The van der Waals surface area contributed by atoms with E-state index in [1.165, 1.54) is 25.7 Å². The van der Waals surface area contributed by atoms with E-state index in [1.807, 2.05) is 24.3 Å². The fourth-order valence-corrected chi connectivity index (χ4v) is 2.56. The van der Waals surface area contributed by atoms with Gasteiger partial charge in [0.05, 0.1) is 6.61 Å². The van der Waals surface area contributed by atoms with E-state index in [1.54, 1.807) is 0 Å². The molecule has 1 aromatic carbocycles. The van der Waals surface area contributed by atoms with Crippen LogP contribution in [0.4, 0.5) is 0 Å². The molecule has 0 radical (unpaired) electrons. The number of ether oxygens (including phenoxy) is 2. The third-order valence-corrected chi connectivity index (χ3v) is 3.49. The fraction of sp³-hybridized carbons (Fsp3) is 0.647. The standard InChI is InChI=1S/C17H29NO2/c1-4-9-17(3,10-5-2)14-20-16-8-6-7-15(13-16)19-12-11-18/h6-8,13H,4-5,9-12,14,18H2,1-3H3. The SMILES string of the molecule is CCCC(C)(CCC)COc1cccc(OCCN)c1. The Morgan fingerprint density at radius 3 is 2.20 bits per heavy atom. The molecule has 0 amide bonds. The molecule has 20 heavy (non-hydrogen) atoms. The summed E-state index contributed by atoms with van der Waals surface area (Å²) in [6, 6.07) is 7.81. The van der Waals surface area contributed by atoms with Gasteiger partial charge in [-0.25, -0.2) is 0 Å². The highest BCUT2D eigenvalue weighted by atomic mass is 16.5. The van der Waals surface area contributed by atoms with Crippen LogP contribution in [0.25, 0.3) is 0 Å². The summed E-state index contributed by atoms with van der Waals surface area (Å²) >= 11 is 0. The molecule has 114 valence electrons. The summed E-state index contributed by atoms with van der Waals surface area (Å²) < 4.78 is 11.5. The molecule has 0 fully saturated rings. The highest BCUT2D eigenvalue weighted by Crippen LogP contribution is 2.30. The minimum absolute atomic E-state index is 0.262. The Morgan fingerprint density at radius 2 is 1.65 bits per heavy atom. The lowest BCUT2D eigenvalue weighted by atomic mass is 9.82. The van der Waals surface area contributed by atoms with Crippen LogP contribution in [0.15, 0.2) is 24.3 Å². The molecule has 0 bridgehead atoms. The van der Waals surface area contributed by atoms with Crippen LogP contribution in [0, 0.1) is 5.41 Å². The molecule has 0 saturated heterocycles. The Kier molecular flexibility index (Phi) is 7.45. The van der Waals surface area contributed by atoms with Gasteiger partial charge in [0, 0.05) is 18.0 Å². The zero-order valence-electron chi connectivity index (χ0n) is 13.2. The van der Waals surface area contributed by atoms with E-state index in [0.29, 0.717) is 13.2 Å². The summed E-state index contributed by atoms with van der Waals surface area (Å²) in [6.07, 6.45) is 4.79. The fourth-order valence-electron chi connectivity index (χ4n) is 2.56. The Hall–Kier alpha value is -1.22. The van der Waals surface area contributed by atoms with Crippen molar-refractivity contribution in [3.05, 3.63) is 24.3 Å². The first-order valence-corrected chi connectivity index (χ1v) is 7.69. The molecule has 0 unspecified atom stereocenters. The molecule has 3 heteroatoms. The van der Waals surface area contributed by atoms with Gasteiger partial charge in [-0.05, 0) is 25.0 Å². The summed E-state index contributed by atoms with van der Waals surface area (Å²) in [5.41, 5.74) is 5.70. The maximum absolute atomic E-state index is 5.99. The molecule has 0 heterocycles. The topological polar surface area (TPSA) is 44.5 Å². The minimum atomic E-state index is 0.262. The van der Waals surface area contributed by atoms with Crippen LogP contribution >= 0.6 is 0 Å². The van der Waals surface area contributed by atoms with E-state index in [0.717, 1.165) is 18.1 Å². The molecule has 3 nitrogen and oxygen atoms in total. The Bertz CT molecular complexity index is 373. The molecule has 0 aliphatic carbocycles. The Balaban J connectivity index is 2.58. The van der Waals surface area contributed by atoms with Gasteiger partial charge in [0.15, 0.2) is 0 Å². The van der Waals surface area contributed by atoms with Crippen molar-refractivity contribution in [3.63, 3.8) is 0 Å². The molecule has 0 aliphatic heterocycles. The molecule has 1 aromatic rings. The van der Waals surface area contributed by atoms with Gasteiger partial charge in [-0.3, -0.25) is 0 Å². The van der Waals surface area contributed by atoms with Crippen molar-refractivity contribution in [3.8, 4) is 11.5 Å². The third-order valence-electron chi connectivity index (χ3n) is 3.49. The Labute approximate surface area is 123 Å². The second-order valence-electron chi connectivity index (χ2n) is 5.71. The van der Waals surface area contributed by atoms with Crippen LogP contribution in [0.5, 0.6) is 11.5 Å². The van der Waals surface area contributed by atoms with Crippen molar-refractivity contribution in [1.82, 2.24) is 0 Å². The van der Waals surface area contributed by atoms with Crippen LogP contribution in [0.1, 0.15) is 46.5 Å². The number of hydrogen-bond donors (Lipinski definition) is 1. The van der Waals surface area contributed by atoms with Crippen LogP contribution in [0.3, 0.4) is 0 Å². The van der Waals surface area contributed by atoms with Crippen molar-refractivity contribution in [2.45, 2.75) is 46.5 Å². The first kappa shape index (κ1) is 16.8. The second kappa shape index (κ2) is 8.85. The Morgan fingerprint density at radius 1 is 1.05 bits per heavy atom. The molecule has 0 aliphatic rings. The first-order chi connectivity index (χ1) is 9.63. The smallest absolute Gasteiger partial charge is 0.123 e. The minimum Gasteiger partial charge on any atom is -0.493 e. The van der Waals surface area contributed by atoms with Crippen molar-refractivity contribution in [2.75, 3.05) is 19.8 Å². The van der Waals surface area contributed by atoms with Crippen LogP contribution in [-0.2, 0) is 0 Å². The second-order valence-corrected chi connectivity index (χ2v) is 5.71. The lowest BCUT2D eigenvalue weighted by molar-refractivity contribution is 0.138. The third kappa shape index (κ3) is 5.83. The number of benzene rings is 1. The van der Waals surface area contributed by atoms with E-state index in [-0.39, 0.29) is 5.41 Å². The zero-order chi connectivity index (χ0) is 14.8. The van der Waals surface area contributed by atoms with E-state index in [2.05, 4.69) is 20.8 Å². The quantitative estimate of drug-likeness (QED) is 0.704. The van der Waals surface area contributed by atoms with Crippen molar-refractivity contribution in [1.29, 1.82) is 0 Å². The molecule has 2 N–H and O–H groups in total. The van der Waals surface area contributed by atoms with Gasteiger partial charge in [0.2, 0.25) is 0 Å². The van der Waals surface area contributed by atoms with Gasteiger partial charge in [-0.2, -0.15) is 0 Å². The summed E-state index contributed by atoms with van der Waals surface area (Å²) in [5.74, 6) is 1.69. The predicted molar refractivity (Wildman–Crippen MR) is 84.4 cm³/mol. The molecule has 0 atom stereocenters. The van der Waals surface area contributed by atoms with E-state index >= 15 is 0 Å². The lowest BCUT2D eigenvalue weighted by Gasteiger charge is -2.29. The van der Waals surface area contributed by atoms with Gasteiger partial charge in [-0.15, -0.1) is 0 Å². The highest BCUT2D eigenvalue weighted by Gasteiger charge is 2.23. The van der Waals surface area contributed by atoms with E-state index in [9.17, 15) is 0 Å². The average molecular weight is 279 g/mol. The molecule has 0 spiro atoms. The van der Waals surface area contributed by atoms with Crippen molar-refractivity contribution in [2.24, 2.45) is 11.1 Å². The van der Waals surface area contributed by atoms with Crippen LogP contribution in [0.2, 0.25) is 0 Å². The number of hydrogen-bond acceptors (Lipinski definition) is 3. The lowest BCUT2D eigenvalue weighted by Crippen LogP contribution is -2.25. The van der Waals surface area contributed by atoms with E-state index < -0.39 is 0 Å².